The first-order valence-electron chi connectivity index (χ1n) is 3.83. The minimum absolute atomic E-state index is 0.856. The Labute approximate surface area is 57.4 Å². The van der Waals surface area contributed by atoms with Crippen molar-refractivity contribution >= 4 is 0 Å². The van der Waals surface area contributed by atoms with Crippen molar-refractivity contribution in [3.8, 4) is 0 Å². The molecule has 2 atom stereocenters. The third-order valence-corrected chi connectivity index (χ3v) is 2.42. The molecule has 1 saturated carbocycles. The summed E-state index contributed by atoms with van der Waals surface area (Å²) in [7, 11) is 1.80. The first-order valence-corrected chi connectivity index (χ1v) is 3.83. The monoisotopic (exact) mass is 128 g/mol. The molecule has 1 nitrogen and oxygen atoms in total. The molecule has 9 heavy (non-hydrogen) atoms. The largest absolute Gasteiger partial charge is 0.384 e. The van der Waals surface area contributed by atoms with E-state index in [4.69, 9.17) is 4.74 Å². The Morgan fingerprint density at radius 1 is 1.44 bits per heavy atom. The van der Waals surface area contributed by atoms with Crippen molar-refractivity contribution in [2.45, 2.75) is 26.2 Å². The fourth-order valence-electron chi connectivity index (χ4n) is 1.68. The highest BCUT2D eigenvalue weighted by atomic mass is 16.5. The van der Waals surface area contributed by atoms with Crippen molar-refractivity contribution in [3.63, 3.8) is 0 Å². The molecule has 0 saturated heterocycles. The van der Waals surface area contributed by atoms with Gasteiger partial charge in [0.15, 0.2) is 0 Å². The van der Waals surface area contributed by atoms with Gasteiger partial charge in [0.2, 0.25) is 0 Å². The number of hydrogen-bond acceptors (Lipinski definition) is 1. The third-order valence-electron chi connectivity index (χ3n) is 2.42. The summed E-state index contributed by atoms with van der Waals surface area (Å²) in [5, 5.41) is 0. The molecule has 0 aromatic rings. The number of methoxy groups -OCH3 is 1. The Morgan fingerprint density at radius 3 is 2.67 bits per heavy atom. The second kappa shape index (κ2) is 3.21. The van der Waals surface area contributed by atoms with Gasteiger partial charge in [-0.15, -0.1) is 0 Å². The van der Waals surface area contributed by atoms with Gasteiger partial charge in [-0.25, -0.2) is 0 Å². The lowest BCUT2D eigenvalue weighted by Crippen LogP contribution is -2.10. The van der Waals surface area contributed by atoms with Crippen LogP contribution in [0.3, 0.4) is 0 Å². The summed E-state index contributed by atoms with van der Waals surface area (Å²) in [6.07, 6.45) is 4.21. The van der Waals surface area contributed by atoms with E-state index in [9.17, 15) is 0 Å². The highest BCUT2D eigenvalue weighted by Crippen LogP contribution is 2.30. The summed E-state index contributed by atoms with van der Waals surface area (Å²) in [6.45, 7) is 3.30. The fourth-order valence-corrected chi connectivity index (χ4v) is 1.68. The molecule has 0 aliphatic heterocycles. The maximum atomic E-state index is 5.10. The molecule has 1 aliphatic carbocycles. The number of hydrogen-bond donors (Lipinski definition) is 0. The minimum Gasteiger partial charge on any atom is -0.384 e. The van der Waals surface area contributed by atoms with E-state index in [0.717, 1.165) is 18.4 Å². The fraction of sp³-hybridized carbons (Fsp3) is 1.00. The van der Waals surface area contributed by atoms with E-state index in [0.29, 0.717) is 0 Å². The number of rotatable bonds is 2. The van der Waals surface area contributed by atoms with Crippen LogP contribution in [0.25, 0.3) is 0 Å². The van der Waals surface area contributed by atoms with Gasteiger partial charge in [0.05, 0.1) is 0 Å². The Balaban J connectivity index is 2.22. The summed E-state index contributed by atoms with van der Waals surface area (Å²) >= 11 is 0. The first-order chi connectivity index (χ1) is 4.34. The summed E-state index contributed by atoms with van der Waals surface area (Å²) in [5.41, 5.74) is 0. The zero-order valence-electron chi connectivity index (χ0n) is 6.39. The van der Waals surface area contributed by atoms with Crippen LogP contribution in [0.2, 0.25) is 0 Å². The zero-order chi connectivity index (χ0) is 6.69. The molecule has 0 N–H and O–H groups in total. The van der Waals surface area contributed by atoms with E-state index >= 15 is 0 Å². The molecule has 0 aromatic heterocycles. The standard InChI is InChI=1S/C8H16O/c1-7-4-3-5-8(7)6-9-2/h7-8H,3-6H2,1-2H3/t7-,8?/m0/s1. The molecule has 0 aromatic carbocycles. The van der Waals surface area contributed by atoms with Gasteiger partial charge in [0.25, 0.3) is 0 Å². The molecule has 54 valence electrons. The van der Waals surface area contributed by atoms with Crippen molar-refractivity contribution in [1.29, 1.82) is 0 Å². The lowest BCUT2D eigenvalue weighted by atomic mass is 10.00. The average Bonchev–Trinajstić information content (AvgIpc) is 2.18. The SMILES string of the molecule is COCC1CCC[C@@H]1C. The van der Waals surface area contributed by atoms with Crippen LogP contribution >= 0.6 is 0 Å². The molecule has 0 heterocycles. The van der Waals surface area contributed by atoms with Crippen LogP contribution in [0.5, 0.6) is 0 Å². The second-order valence-corrected chi connectivity index (χ2v) is 3.12. The molecular formula is C8H16O. The van der Waals surface area contributed by atoms with Gasteiger partial charge in [0.1, 0.15) is 0 Å². The molecular weight excluding hydrogens is 112 g/mol. The number of ether oxygens (including phenoxy) is 1. The second-order valence-electron chi connectivity index (χ2n) is 3.12. The van der Waals surface area contributed by atoms with Gasteiger partial charge in [0, 0.05) is 13.7 Å². The van der Waals surface area contributed by atoms with Crippen LogP contribution in [0.15, 0.2) is 0 Å². The topological polar surface area (TPSA) is 9.23 Å². The van der Waals surface area contributed by atoms with Crippen molar-refractivity contribution in [3.05, 3.63) is 0 Å². The van der Waals surface area contributed by atoms with E-state index < -0.39 is 0 Å². The normalized spacial score (nSPS) is 35.3. The van der Waals surface area contributed by atoms with E-state index in [-0.39, 0.29) is 0 Å². The van der Waals surface area contributed by atoms with Gasteiger partial charge < -0.3 is 4.74 Å². The predicted octanol–water partition coefficient (Wildman–Crippen LogP) is 2.07. The Bertz CT molecular complexity index is 80.6. The van der Waals surface area contributed by atoms with E-state index in [1.165, 1.54) is 19.3 Å². The molecule has 1 fully saturated rings. The highest BCUT2D eigenvalue weighted by Gasteiger charge is 2.22. The van der Waals surface area contributed by atoms with E-state index in [1.54, 1.807) is 7.11 Å². The van der Waals surface area contributed by atoms with Gasteiger partial charge in [-0.3, -0.25) is 0 Å². The van der Waals surface area contributed by atoms with Crippen LogP contribution in [0.1, 0.15) is 26.2 Å². The van der Waals surface area contributed by atoms with Gasteiger partial charge >= 0.3 is 0 Å². The Hall–Kier alpha value is -0.0400. The van der Waals surface area contributed by atoms with E-state index in [2.05, 4.69) is 6.92 Å². The quantitative estimate of drug-likeness (QED) is 0.553. The first kappa shape index (κ1) is 7.07. The summed E-state index contributed by atoms with van der Waals surface area (Å²) in [5.74, 6) is 1.76. The summed E-state index contributed by atoms with van der Waals surface area (Å²) < 4.78 is 5.10. The molecule has 0 radical (unpaired) electrons. The van der Waals surface area contributed by atoms with Crippen LogP contribution in [-0.2, 0) is 4.74 Å². The van der Waals surface area contributed by atoms with Crippen molar-refractivity contribution < 1.29 is 4.74 Å². The van der Waals surface area contributed by atoms with Crippen molar-refractivity contribution in [2.75, 3.05) is 13.7 Å². The summed E-state index contributed by atoms with van der Waals surface area (Å²) in [6, 6.07) is 0. The zero-order valence-corrected chi connectivity index (χ0v) is 6.39. The minimum atomic E-state index is 0.856. The Kier molecular flexibility index (Phi) is 2.52. The molecule has 1 heteroatoms. The van der Waals surface area contributed by atoms with Crippen molar-refractivity contribution in [2.24, 2.45) is 11.8 Å². The van der Waals surface area contributed by atoms with Gasteiger partial charge in [-0.2, -0.15) is 0 Å². The average molecular weight is 128 g/mol. The van der Waals surface area contributed by atoms with E-state index in [1.807, 2.05) is 0 Å². The smallest absolute Gasteiger partial charge is 0.0493 e. The van der Waals surface area contributed by atoms with Crippen LogP contribution < -0.4 is 0 Å². The van der Waals surface area contributed by atoms with Crippen molar-refractivity contribution in [1.82, 2.24) is 0 Å². The summed E-state index contributed by atoms with van der Waals surface area (Å²) in [4.78, 5) is 0. The van der Waals surface area contributed by atoms with Crippen LogP contribution in [-0.4, -0.2) is 13.7 Å². The lowest BCUT2D eigenvalue weighted by Gasteiger charge is -2.12. The highest BCUT2D eigenvalue weighted by molar-refractivity contribution is 4.73. The predicted molar refractivity (Wildman–Crippen MR) is 38.4 cm³/mol. The van der Waals surface area contributed by atoms with Crippen LogP contribution in [0.4, 0.5) is 0 Å². The Morgan fingerprint density at radius 2 is 2.22 bits per heavy atom. The maximum Gasteiger partial charge on any atom is 0.0493 e. The molecule has 1 rings (SSSR count). The van der Waals surface area contributed by atoms with Gasteiger partial charge in [-0.1, -0.05) is 19.8 Å². The molecule has 1 unspecified atom stereocenters. The lowest BCUT2D eigenvalue weighted by molar-refractivity contribution is 0.137. The molecule has 0 bridgehead atoms. The third kappa shape index (κ3) is 1.68. The molecule has 0 spiro atoms. The molecule has 1 aliphatic rings. The van der Waals surface area contributed by atoms with Crippen LogP contribution in [0, 0.1) is 11.8 Å². The maximum absolute atomic E-state index is 5.10. The molecule has 0 amide bonds. The van der Waals surface area contributed by atoms with Gasteiger partial charge in [-0.05, 0) is 18.3 Å².